The summed E-state index contributed by atoms with van der Waals surface area (Å²) in [5.41, 5.74) is 0.164. The molecule has 0 aromatic heterocycles. The Balaban J connectivity index is 2.24. The molecule has 0 aliphatic rings. The van der Waals surface area contributed by atoms with Gasteiger partial charge in [-0.1, -0.05) is 30.3 Å². The summed E-state index contributed by atoms with van der Waals surface area (Å²) in [5.74, 6) is -0.790. The number of sulfonamides is 1. The molecule has 0 unspecified atom stereocenters. The van der Waals surface area contributed by atoms with Gasteiger partial charge in [-0.2, -0.15) is 0 Å². The van der Waals surface area contributed by atoms with Gasteiger partial charge in [0, 0.05) is 30.6 Å². The van der Waals surface area contributed by atoms with Crippen LogP contribution < -0.4 is 14.4 Å². The quantitative estimate of drug-likeness (QED) is 0.442. The SMILES string of the molecule is CCOc1ccccc1N(CCCC(=O)N(Cc1ccccc1F)[C@@H](C)C(=O)NC(C)(C)C)S(C)(=O)=O. The van der Waals surface area contributed by atoms with Gasteiger partial charge in [-0.3, -0.25) is 13.9 Å². The Morgan fingerprint density at radius 2 is 1.70 bits per heavy atom. The van der Waals surface area contributed by atoms with Gasteiger partial charge in [0.05, 0.1) is 18.6 Å². The van der Waals surface area contributed by atoms with E-state index in [9.17, 15) is 22.4 Å². The van der Waals surface area contributed by atoms with Gasteiger partial charge in [0.1, 0.15) is 17.6 Å². The van der Waals surface area contributed by atoms with Gasteiger partial charge in [-0.05, 0) is 59.2 Å². The fourth-order valence-electron chi connectivity index (χ4n) is 3.79. The van der Waals surface area contributed by atoms with E-state index in [2.05, 4.69) is 5.32 Å². The lowest BCUT2D eigenvalue weighted by Crippen LogP contribution is -2.52. The first-order valence-corrected chi connectivity index (χ1v) is 14.1. The van der Waals surface area contributed by atoms with Gasteiger partial charge in [-0.15, -0.1) is 0 Å². The van der Waals surface area contributed by atoms with E-state index in [1.807, 2.05) is 20.8 Å². The number of carbonyl (C=O) groups excluding carboxylic acids is 2. The number of amides is 2. The molecule has 0 bridgehead atoms. The van der Waals surface area contributed by atoms with Crippen molar-refractivity contribution in [2.45, 2.75) is 65.6 Å². The second kappa shape index (κ2) is 12.9. The van der Waals surface area contributed by atoms with Crippen molar-refractivity contribution < 1.29 is 27.1 Å². The average Bonchev–Trinajstić information content (AvgIpc) is 2.79. The number of halogens is 1. The number of rotatable bonds is 12. The van der Waals surface area contributed by atoms with Crippen molar-refractivity contribution in [1.29, 1.82) is 0 Å². The van der Waals surface area contributed by atoms with E-state index >= 15 is 0 Å². The van der Waals surface area contributed by atoms with Crippen LogP contribution in [0, 0.1) is 5.82 Å². The molecule has 2 rings (SSSR count). The fourth-order valence-corrected chi connectivity index (χ4v) is 4.76. The molecule has 0 saturated heterocycles. The minimum absolute atomic E-state index is 0.0325. The zero-order valence-electron chi connectivity index (χ0n) is 22.5. The summed E-state index contributed by atoms with van der Waals surface area (Å²) in [6.07, 6.45) is 1.25. The highest BCUT2D eigenvalue weighted by Gasteiger charge is 2.29. The molecule has 10 heteroatoms. The summed E-state index contributed by atoms with van der Waals surface area (Å²) < 4.78 is 46.4. The molecule has 0 spiro atoms. The van der Waals surface area contributed by atoms with Crippen LogP contribution in [0.2, 0.25) is 0 Å². The first kappa shape index (κ1) is 30.1. The van der Waals surface area contributed by atoms with E-state index in [1.165, 1.54) is 15.3 Å². The molecule has 2 amide bonds. The van der Waals surface area contributed by atoms with Gasteiger partial charge in [-0.25, -0.2) is 12.8 Å². The van der Waals surface area contributed by atoms with Crippen molar-refractivity contribution >= 4 is 27.5 Å². The third kappa shape index (κ3) is 9.03. The minimum Gasteiger partial charge on any atom is -0.492 e. The molecule has 37 heavy (non-hydrogen) atoms. The predicted molar refractivity (Wildman–Crippen MR) is 143 cm³/mol. The van der Waals surface area contributed by atoms with Crippen LogP contribution in [-0.4, -0.2) is 56.1 Å². The Morgan fingerprint density at radius 3 is 2.30 bits per heavy atom. The van der Waals surface area contributed by atoms with Crippen molar-refractivity contribution in [3.05, 3.63) is 59.9 Å². The van der Waals surface area contributed by atoms with E-state index < -0.39 is 27.4 Å². The number of carbonyl (C=O) groups is 2. The second-order valence-corrected chi connectivity index (χ2v) is 11.8. The third-order valence-electron chi connectivity index (χ3n) is 5.55. The number of anilines is 1. The summed E-state index contributed by atoms with van der Waals surface area (Å²) in [5, 5.41) is 2.86. The molecular weight excluding hydrogens is 497 g/mol. The number of hydrogen-bond donors (Lipinski definition) is 1. The molecule has 0 heterocycles. The molecule has 0 aliphatic carbocycles. The first-order chi connectivity index (χ1) is 17.2. The lowest BCUT2D eigenvalue weighted by atomic mass is 10.1. The minimum atomic E-state index is -3.67. The molecular formula is C27H38FN3O5S. The molecule has 1 atom stereocenters. The number of ether oxygens (including phenoxy) is 1. The van der Waals surface area contributed by atoms with Crippen LogP contribution in [0.4, 0.5) is 10.1 Å². The first-order valence-electron chi connectivity index (χ1n) is 12.3. The van der Waals surface area contributed by atoms with Crippen LogP contribution >= 0.6 is 0 Å². The number of nitrogens with zero attached hydrogens (tertiary/aromatic N) is 2. The number of para-hydroxylation sites is 2. The molecule has 1 N–H and O–H groups in total. The van der Waals surface area contributed by atoms with Crippen molar-refractivity contribution in [3.63, 3.8) is 0 Å². The van der Waals surface area contributed by atoms with E-state index in [4.69, 9.17) is 4.74 Å². The Bertz CT molecular complexity index is 1180. The van der Waals surface area contributed by atoms with Crippen LogP contribution in [0.3, 0.4) is 0 Å². The average molecular weight is 536 g/mol. The predicted octanol–water partition coefficient (Wildman–Crippen LogP) is 4.10. The number of benzene rings is 2. The van der Waals surface area contributed by atoms with Gasteiger partial charge in [0.25, 0.3) is 0 Å². The van der Waals surface area contributed by atoms with Crippen molar-refractivity contribution in [3.8, 4) is 5.75 Å². The molecule has 0 fully saturated rings. The van der Waals surface area contributed by atoms with Crippen molar-refractivity contribution in [2.75, 3.05) is 23.7 Å². The lowest BCUT2D eigenvalue weighted by molar-refractivity contribution is -0.141. The lowest BCUT2D eigenvalue weighted by Gasteiger charge is -2.32. The zero-order valence-corrected chi connectivity index (χ0v) is 23.3. The summed E-state index contributed by atoms with van der Waals surface area (Å²) in [4.78, 5) is 27.5. The van der Waals surface area contributed by atoms with Crippen LogP contribution in [0.1, 0.15) is 53.0 Å². The topological polar surface area (TPSA) is 96.0 Å². The maximum atomic E-state index is 14.4. The smallest absolute Gasteiger partial charge is 0.242 e. The molecule has 204 valence electrons. The van der Waals surface area contributed by atoms with Crippen molar-refractivity contribution in [2.24, 2.45) is 0 Å². The molecule has 0 radical (unpaired) electrons. The van der Waals surface area contributed by atoms with E-state index in [0.29, 0.717) is 18.0 Å². The van der Waals surface area contributed by atoms with Gasteiger partial charge >= 0.3 is 0 Å². The van der Waals surface area contributed by atoms with Crippen LogP contribution in [0.15, 0.2) is 48.5 Å². The normalized spacial score (nSPS) is 12.5. The van der Waals surface area contributed by atoms with Crippen molar-refractivity contribution in [1.82, 2.24) is 10.2 Å². The fraction of sp³-hybridized carbons (Fsp3) is 0.481. The standard InChI is InChI=1S/C27H38FN3O5S/c1-7-36-24-16-11-10-15-23(24)31(37(6,34)35)18-12-17-25(32)30(19-21-13-8-9-14-22(21)28)20(2)26(33)29-27(3,4)5/h8-11,13-16,20H,7,12,17-19H2,1-6H3,(H,29,33)/t20-/m0/s1. The largest absolute Gasteiger partial charge is 0.492 e. The Labute approximate surface area is 219 Å². The molecule has 2 aromatic carbocycles. The second-order valence-electron chi connectivity index (χ2n) is 9.87. The molecule has 8 nitrogen and oxygen atoms in total. The summed E-state index contributed by atoms with van der Waals surface area (Å²) in [6.45, 7) is 9.22. The molecule has 0 saturated carbocycles. The highest BCUT2D eigenvalue weighted by atomic mass is 32.2. The van der Waals surface area contributed by atoms with Crippen LogP contribution in [0.5, 0.6) is 5.75 Å². The number of hydrogen-bond acceptors (Lipinski definition) is 5. The van der Waals surface area contributed by atoms with Crippen LogP contribution in [0.25, 0.3) is 0 Å². The van der Waals surface area contributed by atoms with Gasteiger partial charge in [0.2, 0.25) is 21.8 Å². The highest BCUT2D eigenvalue weighted by molar-refractivity contribution is 7.92. The Morgan fingerprint density at radius 1 is 1.08 bits per heavy atom. The third-order valence-corrected chi connectivity index (χ3v) is 6.73. The Hall–Kier alpha value is -3.14. The van der Waals surface area contributed by atoms with Gasteiger partial charge in [0.15, 0.2) is 0 Å². The summed E-state index contributed by atoms with van der Waals surface area (Å²) in [7, 11) is -3.67. The summed E-state index contributed by atoms with van der Waals surface area (Å²) >= 11 is 0. The molecule has 2 aromatic rings. The summed E-state index contributed by atoms with van der Waals surface area (Å²) in [6, 6.07) is 12.0. The highest BCUT2D eigenvalue weighted by Crippen LogP contribution is 2.30. The van der Waals surface area contributed by atoms with Gasteiger partial charge < -0.3 is 15.0 Å². The zero-order chi connectivity index (χ0) is 27.8. The number of nitrogens with one attached hydrogen (secondary N) is 1. The van der Waals surface area contributed by atoms with E-state index in [0.717, 1.165) is 6.26 Å². The van der Waals surface area contributed by atoms with E-state index in [1.54, 1.807) is 56.3 Å². The Kier molecular flexibility index (Phi) is 10.5. The maximum Gasteiger partial charge on any atom is 0.242 e. The maximum absolute atomic E-state index is 14.4. The molecule has 0 aliphatic heterocycles. The van der Waals surface area contributed by atoms with Crippen LogP contribution in [-0.2, 0) is 26.2 Å². The van der Waals surface area contributed by atoms with E-state index in [-0.39, 0.29) is 43.3 Å². The monoisotopic (exact) mass is 535 g/mol.